The first-order chi connectivity index (χ1) is 8.83. The highest BCUT2D eigenvalue weighted by Crippen LogP contribution is 2.17. The fraction of sp³-hybridized carbons (Fsp3) is 0.545. The highest BCUT2D eigenvalue weighted by molar-refractivity contribution is 5.83. The van der Waals surface area contributed by atoms with Gasteiger partial charge in [0.25, 0.3) is 0 Å². The smallest absolute Gasteiger partial charge is 0.224 e. The van der Waals surface area contributed by atoms with E-state index >= 15 is 0 Å². The summed E-state index contributed by atoms with van der Waals surface area (Å²) < 4.78 is 0. The second-order valence-electron chi connectivity index (χ2n) is 4.51. The maximum absolute atomic E-state index is 5.65. The van der Waals surface area contributed by atoms with Crippen LogP contribution in [0, 0.1) is 0 Å². The third-order valence-corrected chi connectivity index (χ3v) is 3.22. The van der Waals surface area contributed by atoms with Gasteiger partial charge < -0.3 is 20.9 Å². The van der Waals surface area contributed by atoms with Crippen molar-refractivity contribution in [2.45, 2.75) is 12.8 Å². The van der Waals surface area contributed by atoms with Crippen LogP contribution in [0.4, 0.5) is 11.8 Å². The van der Waals surface area contributed by atoms with Crippen LogP contribution >= 0.6 is 0 Å². The van der Waals surface area contributed by atoms with Gasteiger partial charge in [-0.25, -0.2) is 4.98 Å². The molecule has 3 rings (SSSR count). The van der Waals surface area contributed by atoms with Crippen LogP contribution in [-0.2, 0) is 0 Å². The third kappa shape index (κ3) is 2.21. The van der Waals surface area contributed by atoms with Crippen LogP contribution in [0.2, 0.25) is 0 Å². The predicted octanol–water partition coefficient (Wildman–Crippen LogP) is 0.443. The van der Waals surface area contributed by atoms with Crippen molar-refractivity contribution in [3.8, 4) is 0 Å². The van der Waals surface area contributed by atoms with Gasteiger partial charge in [-0.05, 0) is 25.9 Å². The van der Waals surface area contributed by atoms with E-state index < -0.39 is 0 Å². The summed E-state index contributed by atoms with van der Waals surface area (Å²) in [5.41, 5.74) is 7.06. The summed E-state index contributed by atoms with van der Waals surface area (Å²) >= 11 is 0. The first-order valence-electron chi connectivity index (χ1n) is 6.26. The van der Waals surface area contributed by atoms with Gasteiger partial charge in [0.05, 0.1) is 6.33 Å². The molecule has 1 aliphatic heterocycles. The minimum absolute atomic E-state index is 0.248. The molecule has 0 aliphatic carbocycles. The number of likely N-dealkylation sites (tertiary alicyclic amines) is 1. The average molecular weight is 247 g/mol. The Morgan fingerprint density at radius 3 is 3.00 bits per heavy atom. The summed E-state index contributed by atoms with van der Waals surface area (Å²) in [4.78, 5) is 17.8. The number of fused-ring (bicyclic) bond motifs is 1. The molecular weight excluding hydrogens is 230 g/mol. The Balaban J connectivity index is 1.67. The summed E-state index contributed by atoms with van der Waals surface area (Å²) in [6.07, 6.45) is 4.22. The summed E-state index contributed by atoms with van der Waals surface area (Å²) in [5, 5.41) is 3.30. The molecule has 0 atom stereocenters. The highest BCUT2D eigenvalue weighted by Gasteiger charge is 2.12. The largest absolute Gasteiger partial charge is 0.368 e. The number of aromatic amines is 1. The Morgan fingerprint density at radius 2 is 2.17 bits per heavy atom. The molecule has 0 aromatic carbocycles. The highest BCUT2D eigenvalue weighted by atomic mass is 15.2. The second-order valence-corrected chi connectivity index (χ2v) is 4.51. The quantitative estimate of drug-likeness (QED) is 0.725. The van der Waals surface area contributed by atoms with Gasteiger partial charge >= 0.3 is 0 Å². The number of hydrogen-bond donors (Lipinski definition) is 3. The number of nitrogen functional groups attached to an aromatic ring is 1. The van der Waals surface area contributed by atoms with E-state index in [9.17, 15) is 0 Å². The van der Waals surface area contributed by atoms with Gasteiger partial charge in [-0.1, -0.05) is 0 Å². The number of H-pyrrole nitrogens is 1. The Labute approximate surface area is 105 Å². The van der Waals surface area contributed by atoms with E-state index in [1.165, 1.54) is 25.9 Å². The molecule has 7 nitrogen and oxygen atoms in total. The number of rotatable bonds is 4. The molecule has 2 aromatic rings. The number of nitrogens with zero attached hydrogens (tertiary/aromatic N) is 4. The molecule has 3 heterocycles. The molecule has 0 bridgehead atoms. The van der Waals surface area contributed by atoms with E-state index in [1.807, 2.05) is 0 Å². The second kappa shape index (κ2) is 4.77. The number of aromatic nitrogens is 4. The minimum atomic E-state index is 0.248. The molecule has 7 heteroatoms. The molecular formula is C11H17N7. The van der Waals surface area contributed by atoms with Crippen molar-refractivity contribution in [2.24, 2.45) is 0 Å². The molecule has 0 saturated carbocycles. The van der Waals surface area contributed by atoms with Crippen LogP contribution in [0.25, 0.3) is 11.2 Å². The molecule has 0 amide bonds. The van der Waals surface area contributed by atoms with Gasteiger partial charge in [-0.15, -0.1) is 0 Å². The molecule has 1 aliphatic rings. The fourth-order valence-electron chi connectivity index (χ4n) is 2.32. The van der Waals surface area contributed by atoms with E-state index in [-0.39, 0.29) is 5.95 Å². The van der Waals surface area contributed by atoms with Crippen molar-refractivity contribution < 1.29 is 0 Å². The van der Waals surface area contributed by atoms with Crippen molar-refractivity contribution in [2.75, 3.05) is 37.2 Å². The molecule has 2 aromatic heterocycles. The van der Waals surface area contributed by atoms with E-state index in [4.69, 9.17) is 5.73 Å². The average Bonchev–Trinajstić information content (AvgIpc) is 2.98. The number of nitrogens with two attached hydrogens (primary N) is 1. The normalized spacial score (nSPS) is 16.4. The first-order valence-corrected chi connectivity index (χ1v) is 6.26. The molecule has 0 spiro atoms. The van der Waals surface area contributed by atoms with Crippen molar-refractivity contribution in [1.29, 1.82) is 0 Å². The van der Waals surface area contributed by atoms with Gasteiger partial charge in [0.2, 0.25) is 5.95 Å². The van der Waals surface area contributed by atoms with Gasteiger partial charge in [0.15, 0.2) is 11.5 Å². The number of imidazole rings is 1. The molecule has 4 N–H and O–H groups in total. The standard InChI is InChI=1S/C11H17N7/c12-11-16-9(8-10(17-11)15-7-14-8)13-3-6-18-4-1-2-5-18/h7H,1-6H2,(H4,12,13,14,15,16,17). The number of nitrogens with one attached hydrogen (secondary N) is 2. The Morgan fingerprint density at radius 1 is 1.33 bits per heavy atom. The van der Waals surface area contributed by atoms with Crippen molar-refractivity contribution in [3.63, 3.8) is 0 Å². The Kier molecular flexibility index (Phi) is 2.97. The molecule has 1 fully saturated rings. The van der Waals surface area contributed by atoms with E-state index in [1.54, 1.807) is 6.33 Å². The van der Waals surface area contributed by atoms with Crippen molar-refractivity contribution in [3.05, 3.63) is 6.33 Å². The van der Waals surface area contributed by atoms with E-state index in [0.29, 0.717) is 5.65 Å². The van der Waals surface area contributed by atoms with Crippen LogP contribution in [0.5, 0.6) is 0 Å². The lowest BCUT2D eigenvalue weighted by Crippen LogP contribution is -2.26. The summed E-state index contributed by atoms with van der Waals surface area (Å²) in [7, 11) is 0. The predicted molar refractivity (Wildman–Crippen MR) is 70.3 cm³/mol. The zero-order valence-corrected chi connectivity index (χ0v) is 10.2. The van der Waals surface area contributed by atoms with Gasteiger partial charge in [0, 0.05) is 13.1 Å². The van der Waals surface area contributed by atoms with Crippen LogP contribution in [0.1, 0.15) is 12.8 Å². The van der Waals surface area contributed by atoms with Crippen molar-refractivity contribution >= 4 is 22.9 Å². The van der Waals surface area contributed by atoms with Crippen LogP contribution in [-0.4, -0.2) is 51.0 Å². The van der Waals surface area contributed by atoms with Crippen LogP contribution in [0.15, 0.2) is 6.33 Å². The molecule has 0 radical (unpaired) electrons. The molecule has 0 unspecified atom stereocenters. The minimum Gasteiger partial charge on any atom is -0.368 e. The lowest BCUT2D eigenvalue weighted by atomic mass is 10.4. The topological polar surface area (TPSA) is 95.8 Å². The summed E-state index contributed by atoms with van der Waals surface area (Å²) in [5.74, 6) is 0.979. The Hall–Kier alpha value is -1.89. The fourth-order valence-corrected chi connectivity index (χ4v) is 2.32. The monoisotopic (exact) mass is 247 g/mol. The van der Waals surface area contributed by atoms with E-state index in [0.717, 1.165) is 24.4 Å². The molecule has 18 heavy (non-hydrogen) atoms. The molecule has 96 valence electrons. The Bertz CT molecular complexity index is 529. The summed E-state index contributed by atoms with van der Waals surface area (Å²) in [6.45, 7) is 4.28. The van der Waals surface area contributed by atoms with Crippen LogP contribution < -0.4 is 11.1 Å². The van der Waals surface area contributed by atoms with E-state index in [2.05, 4.69) is 30.2 Å². The van der Waals surface area contributed by atoms with Gasteiger partial charge in [-0.3, -0.25) is 0 Å². The van der Waals surface area contributed by atoms with Crippen molar-refractivity contribution in [1.82, 2.24) is 24.8 Å². The maximum Gasteiger partial charge on any atom is 0.224 e. The lowest BCUT2D eigenvalue weighted by Gasteiger charge is -2.15. The van der Waals surface area contributed by atoms with Gasteiger partial charge in [-0.2, -0.15) is 9.97 Å². The lowest BCUT2D eigenvalue weighted by molar-refractivity contribution is 0.352. The first kappa shape index (κ1) is 11.2. The molecule has 1 saturated heterocycles. The number of anilines is 2. The zero-order valence-electron chi connectivity index (χ0n) is 10.2. The number of hydrogen-bond acceptors (Lipinski definition) is 6. The maximum atomic E-state index is 5.65. The summed E-state index contributed by atoms with van der Waals surface area (Å²) in [6, 6.07) is 0. The zero-order chi connectivity index (χ0) is 12.4. The van der Waals surface area contributed by atoms with Crippen LogP contribution in [0.3, 0.4) is 0 Å². The SMILES string of the molecule is Nc1nc(NCCN2CCCC2)c2[nH]cnc2n1. The third-order valence-electron chi connectivity index (χ3n) is 3.22. The van der Waals surface area contributed by atoms with Gasteiger partial charge in [0.1, 0.15) is 5.52 Å².